The van der Waals surface area contributed by atoms with Gasteiger partial charge in [-0.05, 0) is 97.2 Å². The molecule has 0 aromatic carbocycles. The lowest BCUT2D eigenvalue weighted by Gasteiger charge is -2.65. The van der Waals surface area contributed by atoms with E-state index in [1.165, 1.54) is 0 Å². The highest BCUT2D eigenvalue weighted by molar-refractivity contribution is 7.85. The lowest BCUT2D eigenvalue weighted by atomic mass is 9.41. The van der Waals surface area contributed by atoms with Crippen LogP contribution in [0.4, 0.5) is 0 Å². The van der Waals surface area contributed by atoms with Crippen LogP contribution in [0.5, 0.6) is 0 Å². The topological polar surface area (TPSA) is 144 Å². The van der Waals surface area contributed by atoms with Crippen LogP contribution in [0.2, 0.25) is 0 Å². The van der Waals surface area contributed by atoms with Crippen molar-refractivity contribution in [1.29, 1.82) is 0 Å². The van der Waals surface area contributed by atoms with Crippen LogP contribution < -0.4 is 5.32 Å². The van der Waals surface area contributed by atoms with Crippen molar-refractivity contribution < 1.29 is 33.1 Å². The van der Waals surface area contributed by atoms with Gasteiger partial charge in [0.1, 0.15) is 0 Å². The lowest BCUT2D eigenvalue weighted by Crippen LogP contribution is -2.64. The summed E-state index contributed by atoms with van der Waals surface area (Å²) in [4.78, 5) is 12.6. The third-order valence-electron chi connectivity index (χ3n) is 11.8. The van der Waals surface area contributed by atoms with E-state index in [0.717, 1.165) is 32.1 Å². The van der Waals surface area contributed by atoms with E-state index in [1.807, 2.05) is 6.92 Å². The quantitative estimate of drug-likeness (QED) is 0.311. The van der Waals surface area contributed by atoms with Gasteiger partial charge < -0.3 is 20.6 Å². The molecule has 4 unspecified atom stereocenters. The smallest absolute Gasteiger partial charge is 0.266 e. The minimum Gasteiger partial charge on any atom is -0.393 e. The summed E-state index contributed by atoms with van der Waals surface area (Å²) in [7, 11) is -4.12. The summed E-state index contributed by atoms with van der Waals surface area (Å²) < 4.78 is 30.8. The monoisotopic (exact) mass is 543 g/mol. The molecule has 5 N–H and O–H groups in total. The van der Waals surface area contributed by atoms with E-state index < -0.39 is 28.1 Å². The third kappa shape index (κ3) is 5.12. The highest BCUT2D eigenvalue weighted by Gasteiger charge is 2.67. The van der Waals surface area contributed by atoms with Gasteiger partial charge in [0.15, 0.2) is 0 Å². The van der Waals surface area contributed by atoms with Gasteiger partial charge in [-0.3, -0.25) is 9.35 Å². The maximum absolute atomic E-state index is 12.6. The van der Waals surface area contributed by atoms with Crippen LogP contribution >= 0.6 is 0 Å². The molecule has 0 heterocycles. The fourth-order valence-electron chi connectivity index (χ4n) is 9.89. The van der Waals surface area contributed by atoms with Crippen LogP contribution in [-0.2, 0) is 14.9 Å². The van der Waals surface area contributed by atoms with Crippen molar-refractivity contribution in [2.45, 2.75) is 97.9 Å². The molecule has 37 heavy (non-hydrogen) atoms. The Morgan fingerprint density at radius 3 is 2.35 bits per heavy atom. The van der Waals surface area contributed by atoms with Crippen LogP contribution in [0.1, 0.15) is 79.6 Å². The maximum Gasteiger partial charge on any atom is 0.266 e. The maximum atomic E-state index is 12.6. The highest BCUT2D eigenvalue weighted by atomic mass is 32.2. The molecule has 8 nitrogen and oxygen atoms in total. The lowest BCUT2D eigenvalue weighted by molar-refractivity contribution is -0.225. The van der Waals surface area contributed by atoms with E-state index in [9.17, 15) is 28.5 Å². The Hall–Kier alpha value is -0.740. The van der Waals surface area contributed by atoms with Gasteiger partial charge in [0.05, 0.1) is 24.1 Å². The van der Waals surface area contributed by atoms with Crippen LogP contribution in [-0.4, -0.2) is 64.8 Å². The molecule has 4 rings (SSSR count). The minimum atomic E-state index is -4.12. The molecule has 0 aromatic rings. The molecule has 0 saturated heterocycles. The van der Waals surface area contributed by atoms with Gasteiger partial charge in [0.2, 0.25) is 5.91 Å². The van der Waals surface area contributed by atoms with Crippen LogP contribution in [0.3, 0.4) is 0 Å². The predicted octanol–water partition coefficient (Wildman–Crippen LogP) is 2.86. The normalized spacial score (nSPS) is 47.3. The van der Waals surface area contributed by atoms with Crippen molar-refractivity contribution in [2.24, 2.45) is 58.2 Å². The number of carbonyl (C=O) groups excluding carboxylic acids is 1. The van der Waals surface area contributed by atoms with Gasteiger partial charge in [-0.1, -0.05) is 34.6 Å². The summed E-state index contributed by atoms with van der Waals surface area (Å²) in [6.07, 6.45) is 4.49. The summed E-state index contributed by atoms with van der Waals surface area (Å²) in [5, 5.41) is 36.4. The van der Waals surface area contributed by atoms with E-state index in [2.05, 4.69) is 33.0 Å². The fraction of sp³-hybridized carbons (Fsp3) is 0.964. The average Bonchev–Trinajstić information content (AvgIpc) is 3.16. The Labute approximate surface area is 222 Å². The van der Waals surface area contributed by atoms with Crippen molar-refractivity contribution in [3.05, 3.63) is 0 Å². The molecule has 214 valence electrons. The number of fused-ring (bicyclic) bond motifs is 5. The molecule has 4 aliphatic carbocycles. The SMILES string of the molecule is C[C@H](C[C@H](C)C(=O)NCCS(=O)(=O)O)[C@H]1CCC2C3C(C[C@H](O)[C@@]21C)[C@@]1(C)CC[C@@H](O)CC1[C@@H](C)[C@@H]3O. The summed E-state index contributed by atoms with van der Waals surface area (Å²) in [5.74, 6) is 0.327. The van der Waals surface area contributed by atoms with E-state index in [0.29, 0.717) is 12.8 Å². The number of hydrogen-bond acceptors (Lipinski definition) is 6. The van der Waals surface area contributed by atoms with Crippen molar-refractivity contribution in [2.75, 3.05) is 12.3 Å². The number of rotatable bonds is 7. The first-order chi connectivity index (χ1) is 17.1. The zero-order valence-corrected chi connectivity index (χ0v) is 24.0. The van der Waals surface area contributed by atoms with Crippen molar-refractivity contribution in [3.63, 3.8) is 0 Å². The Balaban J connectivity index is 1.49. The molecule has 0 aromatic heterocycles. The first-order valence-electron chi connectivity index (χ1n) is 14.4. The molecule has 0 spiro atoms. The molecular formula is C28H49NO7S. The van der Waals surface area contributed by atoms with E-state index in [4.69, 9.17) is 4.55 Å². The van der Waals surface area contributed by atoms with Gasteiger partial charge in [-0.25, -0.2) is 0 Å². The second kappa shape index (κ2) is 10.3. The summed E-state index contributed by atoms with van der Waals surface area (Å²) in [5.41, 5.74) is -0.316. The van der Waals surface area contributed by atoms with E-state index in [-0.39, 0.29) is 76.7 Å². The van der Waals surface area contributed by atoms with Crippen LogP contribution in [0.15, 0.2) is 0 Å². The molecule has 0 aliphatic heterocycles. The standard InChI is InChI=1S/C28H49NO7S/c1-15(12-16(2)26(33)29-10-11-37(34,35)36)19-6-7-20-24-22(14-23(31)28(19,20)5)27(4)9-8-18(30)13-21(27)17(3)25(24)32/h15-25,30-32H,6-14H2,1-5H3,(H,29,33)(H,34,35,36)/t15-,16+,17-,18-,19-,20?,21?,22?,23+,24?,25+,27+,28-/m1/s1. The molecule has 0 radical (unpaired) electrons. The van der Waals surface area contributed by atoms with Gasteiger partial charge in [-0.2, -0.15) is 8.42 Å². The molecule has 9 heteroatoms. The van der Waals surface area contributed by atoms with Crippen molar-refractivity contribution >= 4 is 16.0 Å². The van der Waals surface area contributed by atoms with E-state index in [1.54, 1.807) is 0 Å². The largest absolute Gasteiger partial charge is 0.393 e. The Bertz CT molecular complexity index is 958. The van der Waals surface area contributed by atoms with Crippen molar-refractivity contribution in [1.82, 2.24) is 5.32 Å². The average molecular weight is 544 g/mol. The first kappa shape index (κ1) is 29.2. The Morgan fingerprint density at radius 2 is 1.70 bits per heavy atom. The second-order valence-corrected chi connectivity index (χ2v) is 15.2. The summed E-state index contributed by atoms with van der Waals surface area (Å²) >= 11 is 0. The zero-order valence-electron chi connectivity index (χ0n) is 23.1. The number of amides is 1. The third-order valence-corrected chi connectivity index (χ3v) is 12.6. The fourth-order valence-corrected chi connectivity index (χ4v) is 10.2. The molecule has 1 amide bonds. The number of aliphatic hydroxyl groups excluding tert-OH is 3. The Kier molecular flexibility index (Phi) is 8.18. The van der Waals surface area contributed by atoms with Gasteiger partial charge in [-0.15, -0.1) is 0 Å². The Morgan fingerprint density at radius 1 is 1.03 bits per heavy atom. The van der Waals surface area contributed by atoms with Gasteiger partial charge in [0, 0.05) is 12.5 Å². The van der Waals surface area contributed by atoms with Crippen molar-refractivity contribution in [3.8, 4) is 0 Å². The molecule has 0 bridgehead atoms. The number of carbonyl (C=O) groups is 1. The molecule has 4 fully saturated rings. The number of hydrogen-bond donors (Lipinski definition) is 5. The number of aliphatic hydroxyl groups is 3. The first-order valence-corrected chi connectivity index (χ1v) is 16.0. The summed E-state index contributed by atoms with van der Waals surface area (Å²) in [6.45, 7) is 10.6. The van der Waals surface area contributed by atoms with E-state index >= 15 is 0 Å². The van der Waals surface area contributed by atoms with Gasteiger partial charge in [0.25, 0.3) is 10.1 Å². The summed E-state index contributed by atoms with van der Waals surface area (Å²) in [6, 6.07) is 0. The number of nitrogens with one attached hydrogen (secondary N) is 1. The molecule has 4 aliphatic rings. The molecular weight excluding hydrogens is 494 g/mol. The second-order valence-electron chi connectivity index (χ2n) is 13.7. The molecule has 13 atom stereocenters. The minimum absolute atomic E-state index is 0.0171. The predicted molar refractivity (Wildman–Crippen MR) is 141 cm³/mol. The van der Waals surface area contributed by atoms with Crippen LogP contribution in [0.25, 0.3) is 0 Å². The highest BCUT2D eigenvalue weighted by Crippen LogP contribution is 2.69. The van der Waals surface area contributed by atoms with Crippen LogP contribution in [0, 0.1) is 58.2 Å². The zero-order chi connectivity index (χ0) is 27.5. The molecule has 4 saturated carbocycles. The van der Waals surface area contributed by atoms with Gasteiger partial charge >= 0.3 is 0 Å².